The molecule has 0 aliphatic carbocycles. The van der Waals surface area contributed by atoms with Crippen LogP contribution in [0.1, 0.15) is 29.9 Å². The Morgan fingerprint density at radius 1 is 0.935 bits per heavy atom. The first kappa shape index (κ1) is 21.1. The van der Waals surface area contributed by atoms with Crippen molar-refractivity contribution in [1.29, 1.82) is 0 Å². The Balaban J connectivity index is 1.36. The molecule has 1 atom stereocenters. The summed E-state index contributed by atoms with van der Waals surface area (Å²) in [5.74, 6) is -0.229. The molecule has 0 unspecified atom stereocenters. The van der Waals surface area contributed by atoms with Gasteiger partial charge in [0.05, 0.1) is 5.92 Å². The van der Waals surface area contributed by atoms with Crippen LogP contribution in [0, 0.1) is 5.92 Å². The highest BCUT2D eigenvalue weighted by atomic mass is 35.5. The fourth-order valence-electron chi connectivity index (χ4n) is 4.13. The zero-order valence-electron chi connectivity index (χ0n) is 17.2. The van der Waals surface area contributed by atoms with Gasteiger partial charge in [0, 0.05) is 36.1 Å². The Bertz CT molecular complexity index is 983. The van der Waals surface area contributed by atoms with Gasteiger partial charge in [0.15, 0.2) is 0 Å². The fourth-order valence-corrected chi connectivity index (χ4v) is 4.26. The van der Waals surface area contributed by atoms with Gasteiger partial charge in [-0.05, 0) is 41.8 Å². The van der Waals surface area contributed by atoms with E-state index in [0.717, 1.165) is 12.1 Å². The molecule has 1 fully saturated rings. The Labute approximate surface area is 187 Å². The molecule has 1 aliphatic rings. The van der Waals surface area contributed by atoms with Crippen molar-refractivity contribution in [2.75, 3.05) is 18.0 Å². The zero-order chi connectivity index (χ0) is 21.6. The number of nitrogens with zero attached hydrogens (tertiary/aromatic N) is 1. The first-order chi connectivity index (χ1) is 15.1. The molecule has 3 aromatic carbocycles. The molecule has 2 amide bonds. The predicted molar refractivity (Wildman–Crippen MR) is 124 cm³/mol. The topological polar surface area (TPSA) is 49.4 Å². The van der Waals surface area contributed by atoms with Crippen LogP contribution < -0.4 is 10.2 Å². The number of benzene rings is 3. The summed E-state index contributed by atoms with van der Waals surface area (Å²) in [7, 11) is 0. The highest BCUT2D eigenvalue weighted by molar-refractivity contribution is 6.30. The average molecular weight is 433 g/mol. The summed E-state index contributed by atoms with van der Waals surface area (Å²) in [6.45, 7) is 0.950. The summed E-state index contributed by atoms with van der Waals surface area (Å²) in [6.07, 6.45) is 1.02. The summed E-state index contributed by atoms with van der Waals surface area (Å²) in [6, 6.07) is 27.8. The van der Waals surface area contributed by atoms with Crippen LogP contribution in [0.2, 0.25) is 5.02 Å². The van der Waals surface area contributed by atoms with Crippen LogP contribution in [0.15, 0.2) is 84.9 Å². The summed E-state index contributed by atoms with van der Waals surface area (Å²) in [5, 5.41) is 3.68. The molecule has 0 spiro atoms. The second kappa shape index (κ2) is 9.80. The highest BCUT2D eigenvalue weighted by Crippen LogP contribution is 2.28. The van der Waals surface area contributed by atoms with Crippen molar-refractivity contribution in [3.63, 3.8) is 0 Å². The molecular formula is C26H25ClN2O2. The second-order valence-electron chi connectivity index (χ2n) is 7.84. The summed E-state index contributed by atoms with van der Waals surface area (Å²) < 4.78 is 0. The van der Waals surface area contributed by atoms with E-state index in [9.17, 15) is 9.59 Å². The van der Waals surface area contributed by atoms with Gasteiger partial charge in [-0.2, -0.15) is 0 Å². The van der Waals surface area contributed by atoms with Crippen molar-refractivity contribution in [2.24, 2.45) is 5.92 Å². The molecule has 0 aromatic heterocycles. The van der Waals surface area contributed by atoms with E-state index >= 15 is 0 Å². The molecule has 3 aromatic rings. The smallest absolute Gasteiger partial charge is 0.227 e. The van der Waals surface area contributed by atoms with Crippen LogP contribution in [0.3, 0.4) is 0 Å². The third kappa shape index (κ3) is 5.15. The molecule has 1 heterocycles. The van der Waals surface area contributed by atoms with E-state index in [2.05, 4.69) is 29.6 Å². The average Bonchev–Trinajstić information content (AvgIpc) is 3.20. The molecule has 1 saturated heterocycles. The molecule has 5 heteroatoms. The maximum atomic E-state index is 12.8. The zero-order valence-corrected chi connectivity index (χ0v) is 18.0. The maximum Gasteiger partial charge on any atom is 0.227 e. The lowest BCUT2D eigenvalue weighted by Crippen LogP contribution is -2.34. The van der Waals surface area contributed by atoms with Crippen molar-refractivity contribution in [3.8, 4) is 0 Å². The van der Waals surface area contributed by atoms with Gasteiger partial charge in [0.2, 0.25) is 11.8 Å². The minimum absolute atomic E-state index is 0.0334. The van der Waals surface area contributed by atoms with Crippen LogP contribution in [0.5, 0.6) is 0 Å². The van der Waals surface area contributed by atoms with Crippen molar-refractivity contribution < 1.29 is 9.59 Å². The van der Waals surface area contributed by atoms with Crippen molar-refractivity contribution >= 4 is 29.1 Å². The molecule has 1 aliphatic heterocycles. The van der Waals surface area contributed by atoms with Crippen LogP contribution in [-0.4, -0.2) is 24.9 Å². The van der Waals surface area contributed by atoms with Crippen LogP contribution >= 0.6 is 11.6 Å². The maximum absolute atomic E-state index is 12.8. The minimum atomic E-state index is -0.338. The molecule has 158 valence electrons. The molecule has 4 nitrogen and oxygen atoms in total. The summed E-state index contributed by atoms with van der Waals surface area (Å²) in [5.41, 5.74) is 3.23. The Morgan fingerprint density at radius 2 is 1.52 bits per heavy atom. The van der Waals surface area contributed by atoms with Gasteiger partial charge in [-0.15, -0.1) is 0 Å². The van der Waals surface area contributed by atoms with Crippen molar-refractivity contribution in [1.82, 2.24) is 5.32 Å². The number of hydrogen-bond acceptors (Lipinski definition) is 2. The normalized spacial score (nSPS) is 16.0. The Kier molecular flexibility index (Phi) is 6.68. The van der Waals surface area contributed by atoms with Crippen molar-refractivity contribution in [2.45, 2.75) is 18.8 Å². The van der Waals surface area contributed by atoms with E-state index in [-0.39, 0.29) is 30.1 Å². The van der Waals surface area contributed by atoms with Crippen LogP contribution in [0.4, 0.5) is 5.69 Å². The Morgan fingerprint density at radius 3 is 2.10 bits per heavy atom. The SMILES string of the molecule is O=C(NCCC(c1ccccc1)c1ccccc1)[C@@H]1CC(=O)N(c2ccc(Cl)cc2)C1. The van der Waals surface area contributed by atoms with E-state index in [1.165, 1.54) is 11.1 Å². The molecule has 0 saturated carbocycles. The van der Waals surface area contributed by atoms with Gasteiger partial charge >= 0.3 is 0 Å². The standard InChI is InChI=1S/C26H25ClN2O2/c27-22-11-13-23(14-12-22)29-18-21(17-25(29)30)26(31)28-16-15-24(19-7-3-1-4-8-19)20-9-5-2-6-10-20/h1-14,21,24H,15-18H2,(H,28,31)/t21-/m1/s1. The summed E-state index contributed by atoms with van der Waals surface area (Å²) in [4.78, 5) is 26.9. The van der Waals surface area contributed by atoms with Gasteiger partial charge in [-0.3, -0.25) is 9.59 Å². The van der Waals surface area contributed by atoms with Gasteiger partial charge in [-0.25, -0.2) is 0 Å². The molecule has 1 N–H and O–H groups in total. The molecule has 31 heavy (non-hydrogen) atoms. The monoisotopic (exact) mass is 432 g/mol. The third-order valence-electron chi connectivity index (χ3n) is 5.77. The lowest BCUT2D eigenvalue weighted by Gasteiger charge is -2.19. The van der Waals surface area contributed by atoms with Crippen LogP contribution in [-0.2, 0) is 9.59 Å². The number of halogens is 1. The van der Waals surface area contributed by atoms with Gasteiger partial charge in [-0.1, -0.05) is 72.3 Å². The number of carbonyl (C=O) groups excluding carboxylic acids is 2. The third-order valence-corrected chi connectivity index (χ3v) is 6.02. The first-order valence-corrected chi connectivity index (χ1v) is 10.9. The first-order valence-electron chi connectivity index (χ1n) is 10.6. The molecular weight excluding hydrogens is 408 g/mol. The molecule has 0 bridgehead atoms. The molecule has 0 radical (unpaired) electrons. The molecule has 4 rings (SSSR count). The quantitative estimate of drug-likeness (QED) is 0.569. The fraction of sp³-hybridized carbons (Fsp3) is 0.231. The van der Waals surface area contributed by atoms with E-state index < -0.39 is 0 Å². The van der Waals surface area contributed by atoms with E-state index in [1.54, 1.807) is 17.0 Å². The number of rotatable bonds is 7. The number of anilines is 1. The van der Waals surface area contributed by atoms with Gasteiger partial charge < -0.3 is 10.2 Å². The predicted octanol–water partition coefficient (Wildman–Crippen LogP) is 5.03. The second-order valence-corrected chi connectivity index (χ2v) is 8.27. The van der Waals surface area contributed by atoms with Gasteiger partial charge in [0.1, 0.15) is 0 Å². The summed E-state index contributed by atoms with van der Waals surface area (Å²) >= 11 is 5.94. The van der Waals surface area contributed by atoms with Crippen molar-refractivity contribution in [3.05, 3.63) is 101 Å². The lowest BCUT2D eigenvalue weighted by molar-refractivity contribution is -0.126. The van der Waals surface area contributed by atoms with E-state index in [4.69, 9.17) is 11.6 Å². The number of nitrogens with one attached hydrogen (secondary N) is 1. The minimum Gasteiger partial charge on any atom is -0.356 e. The number of amides is 2. The lowest BCUT2D eigenvalue weighted by atomic mass is 9.88. The number of hydrogen-bond donors (Lipinski definition) is 1. The van der Waals surface area contributed by atoms with E-state index in [0.29, 0.717) is 18.1 Å². The van der Waals surface area contributed by atoms with Crippen LogP contribution in [0.25, 0.3) is 0 Å². The largest absolute Gasteiger partial charge is 0.356 e. The van der Waals surface area contributed by atoms with E-state index in [1.807, 2.05) is 48.5 Å². The van der Waals surface area contributed by atoms with Gasteiger partial charge in [0.25, 0.3) is 0 Å². The Hall–Kier alpha value is -3.11. The highest BCUT2D eigenvalue weighted by Gasteiger charge is 2.35. The number of carbonyl (C=O) groups is 2.